The lowest BCUT2D eigenvalue weighted by atomic mass is 10.1. The molecule has 114 valence electrons. The van der Waals surface area contributed by atoms with Crippen molar-refractivity contribution in [2.45, 2.75) is 6.61 Å². The van der Waals surface area contributed by atoms with Crippen molar-refractivity contribution in [1.82, 2.24) is 25.4 Å². The summed E-state index contributed by atoms with van der Waals surface area (Å²) < 4.78 is 13.1. The van der Waals surface area contributed by atoms with Gasteiger partial charge in [-0.2, -0.15) is 10.2 Å². The van der Waals surface area contributed by atoms with Crippen molar-refractivity contribution in [3.63, 3.8) is 0 Å². The molecule has 0 atom stereocenters. The molecule has 0 fully saturated rings. The molecule has 0 bridgehead atoms. The zero-order valence-corrected chi connectivity index (χ0v) is 11.9. The zero-order chi connectivity index (χ0) is 15.8. The van der Waals surface area contributed by atoms with E-state index in [0.717, 1.165) is 27.7 Å². The van der Waals surface area contributed by atoms with Crippen LogP contribution in [-0.2, 0) is 6.61 Å². The van der Waals surface area contributed by atoms with E-state index in [0.29, 0.717) is 11.6 Å². The van der Waals surface area contributed by atoms with E-state index in [4.69, 9.17) is 5.11 Å². The first kappa shape index (κ1) is 13.6. The summed E-state index contributed by atoms with van der Waals surface area (Å²) in [5, 5.41) is 24.0. The number of hydrogen-bond donors (Lipinski definition) is 3. The van der Waals surface area contributed by atoms with Crippen molar-refractivity contribution in [1.29, 1.82) is 0 Å². The highest BCUT2D eigenvalue weighted by Gasteiger charge is 2.11. The first-order valence-electron chi connectivity index (χ1n) is 7.01. The van der Waals surface area contributed by atoms with Gasteiger partial charge in [-0.1, -0.05) is 0 Å². The first-order chi connectivity index (χ1) is 11.2. The molecular weight excluding hydrogens is 297 g/mol. The van der Waals surface area contributed by atoms with Gasteiger partial charge < -0.3 is 5.11 Å². The predicted molar refractivity (Wildman–Crippen MR) is 82.8 cm³/mol. The highest BCUT2D eigenvalue weighted by Crippen LogP contribution is 2.29. The smallest absolute Gasteiger partial charge is 0.176 e. The molecule has 3 N–H and O–H groups in total. The van der Waals surface area contributed by atoms with E-state index in [1.165, 1.54) is 12.1 Å². The molecule has 0 aliphatic rings. The molecule has 0 aliphatic heterocycles. The Kier molecular flexibility index (Phi) is 3.13. The number of aromatic amines is 2. The Hall–Kier alpha value is -3.06. The number of nitrogens with one attached hydrogen (secondary N) is 2. The van der Waals surface area contributed by atoms with Gasteiger partial charge in [-0.25, -0.2) is 9.37 Å². The summed E-state index contributed by atoms with van der Waals surface area (Å²) in [5.74, 6) is 0.626. The molecule has 0 saturated heterocycles. The summed E-state index contributed by atoms with van der Waals surface area (Å²) >= 11 is 0. The SMILES string of the molecule is OCc1n[nH]c(-c2ccc3[nH]nc(-c4ccc(F)cc4)c3c2)n1. The van der Waals surface area contributed by atoms with Gasteiger partial charge in [-0.3, -0.25) is 10.2 Å². The van der Waals surface area contributed by atoms with Gasteiger partial charge in [0.15, 0.2) is 11.6 Å². The zero-order valence-electron chi connectivity index (χ0n) is 11.9. The fraction of sp³-hybridized carbons (Fsp3) is 0.0625. The number of rotatable bonds is 3. The minimum Gasteiger partial charge on any atom is -0.388 e. The van der Waals surface area contributed by atoms with E-state index in [2.05, 4.69) is 25.4 Å². The maximum atomic E-state index is 13.1. The molecule has 6 nitrogen and oxygen atoms in total. The second-order valence-electron chi connectivity index (χ2n) is 5.10. The number of benzene rings is 2. The second-order valence-corrected chi connectivity index (χ2v) is 5.10. The Balaban J connectivity index is 1.84. The minimum atomic E-state index is -0.285. The lowest BCUT2D eigenvalue weighted by Gasteiger charge is -2.00. The van der Waals surface area contributed by atoms with E-state index < -0.39 is 0 Å². The summed E-state index contributed by atoms with van der Waals surface area (Å²) in [6.07, 6.45) is 0. The van der Waals surface area contributed by atoms with E-state index in [1.807, 2.05) is 18.2 Å². The van der Waals surface area contributed by atoms with E-state index in [1.54, 1.807) is 12.1 Å². The third kappa shape index (κ3) is 2.36. The lowest BCUT2D eigenvalue weighted by Crippen LogP contribution is -1.85. The maximum absolute atomic E-state index is 13.1. The van der Waals surface area contributed by atoms with Crippen LogP contribution in [0.1, 0.15) is 5.82 Å². The Labute approximate surface area is 130 Å². The quantitative estimate of drug-likeness (QED) is 0.542. The molecule has 2 heterocycles. The van der Waals surface area contributed by atoms with Crippen LogP contribution in [0.2, 0.25) is 0 Å². The first-order valence-corrected chi connectivity index (χ1v) is 7.01. The van der Waals surface area contributed by atoms with Gasteiger partial charge in [0.1, 0.15) is 12.4 Å². The number of hydrogen-bond acceptors (Lipinski definition) is 4. The molecule has 23 heavy (non-hydrogen) atoms. The average Bonchev–Trinajstić information content (AvgIpc) is 3.22. The number of nitrogens with zero attached hydrogens (tertiary/aromatic N) is 3. The summed E-state index contributed by atoms with van der Waals surface area (Å²) in [4.78, 5) is 4.21. The lowest BCUT2D eigenvalue weighted by molar-refractivity contribution is 0.272. The predicted octanol–water partition coefficient (Wildman–Crippen LogP) is 2.65. The molecule has 7 heteroatoms. The molecule has 0 saturated carbocycles. The monoisotopic (exact) mass is 309 g/mol. The summed E-state index contributed by atoms with van der Waals surface area (Å²) in [5.41, 5.74) is 3.26. The van der Waals surface area contributed by atoms with Crippen LogP contribution < -0.4 is 0 Å². The maximum Gasteiger partial charge on any atom is 0.176 e. The van der Waals surface area contributed by atoms with Gasteiger partial charge in [0.2, 0.25) is 0 Å². The van der Waals surface area contributed by atoms with E-state index >= 15 is 0 Å². The van der Waals surface area contributed by atoms with Gasteiger partial charge in [0, 0.05) is 16.5 Å². The molecular formula is C16H12FN5O. The fourth-order valence-electron chi connectivity index (χ4n) is 2.49. The van der Waals surface area contributed by atoms with Crippen LogP contribution in [0, 0.1) is 5.82 Å². The summed E-state index contributed by atoms with van der Waals surface area (Å²) in [6.45, 7) is -0.217. The van der Waals surface area contributed by atoms with Crippen LogP contribution in [0.5, 0.6) is 0 Å². The van der Waals surface area contributed by atoms with Gasteiger partial charge >= 0.3 is 0 Å². The third-order valence-corrected chi connectivity index (χ3v) is 3.63. The van der Waals surface area contributed by atoms with E-state index in [-0.39, 0.29) is 12.4 Å². The summed E-state index contributed by atoms with van der Waals surface area (Å²) in [7, 11) is 0. The average molecular weight is 309 g/mol. The molecule has 4 aromatic rings. The number of aliphatic hydroxyl groups is 1. The highest BCUT2D eigenvalue weighted by molar-refractivity contribution is 5.95. The largest absolute Gasteiger partial charge is 0.388 e. The van der Waals surface area contributed by atoms with Crippen molar-refractivity contribution in [3.8, 4) is 22.6 Å². The van der Waals surface area contributed by atoms with Crippen molar-refractivity contribution < 1.29 is 9.50 Å². The third-order valence-electron chi connectivity index (χ3n) is 3.63. The van der Waals surface area contributed by atoms with Crippen LogP contribution >= 0.6 is 0 Å². The summed E-state index contributed by atoms with van der Waals surface area (Å²) in [6, 6.07) is 11.9. The molecule has 0 spiro atoms. The Morgan fingerprint density at radius 2 is 1.74 bits per heavy atom. The van der Waals surface area contributed by atoms with Crippen molar-refractivity contribution in [2.24, 2.45) is 0 Å². The number of fused-ring (bicyclic) bond motifs is 1. The Morgan fingerprint density at radius 1 is 0.957 bits per heavy atom. The topological polar surface area (TPSA) is 90.5 Å². The number of aliphatic hydroxyl groups excluding tert-OH is 1. The van der Waals surface area contributed by atoms with Crippen molar-refractivity contribution in [2.75, 3.05) is 0 Å². The van der Waals surface area contributed by atoms with Crippen LogP contribution in [0.4, 0.5) is 4.39 Å². The van der Waals surface area contributed by atoms with E-state index in [9.17, 15) is 4.39 Å². The molecule has 2 aromatic carbocycles. The van der Waals surface area contributed by atoms with Gasteiger partial charge in [-0.05, 0) is 42.5 Å². The molecule has 0 radical (unpaired) electrons. The van der Waals surface area contributed by atoms with Crippen molar-refractivity contribution in [3.05, 3.63) is 54.1 Å². The molecule has 4 rings (SSSR count). The van der Waals surface area contributed by atoms with Crippen LogP contribution in [0.3, 0.4) is 0 Å². The number of H-pyrrole nitrogens is 2. The Morgan fingerprint density at radius 3 is 2.48 bits per heavy atom. The van der Waals surface area contributed by atoms with Crippen LogP contribution in [0.15, 0.2) is 42.5 Å². The standard InChI is InChI=1S/C16H12FN5O/c17-11-4-1-9(2-5-11)15-12-7-10(3-6-13(12)19-21-15)16-18-14(8-23)20-22-16/h1-7,23H,8H2,(H,19,21)(H,18,20,22). The minimum absolute atomic E-state index is 0.217. The molecule has 0 amide bonds. The molecule has 0 aliphatic carbocycles. The number of aromatic nitrogens is 5. The Bertz CT molecular complexity index is 974. The molecule has 2 aromatic heterocycles. The second kappa shape index (κ2) is 5.29. The highest BCUT2D eigenvalue weighted by atomic mass is 19.1. The fourth-order valence-corrected chi connectivity index (χ4v) is 2.49. The van der Waals surface area contributed by atoms with Crippen LogP contribution in [-0.4, -0.2) is 30.5 Å². The number of halogens is 1. The van der Waals surface area contributed by atoms with Crippen LogP contribution in [0.25, 0.3) is 33.5 Å². The van der Waals surface area contributed by atoms with Gasteiger partial charge in [0.25, 0.3) is 0 Å². The normalized spacial score (nSPS) is 11.2. The van der Waals surface area contributed by atoms with Gasteiger partial charge in [-0.15, -0.1) is 0 Å². The van der Waals surface area contributed by atoms with Gasteiger partial charge in [0.05, 0.1) is 11.2 Å². The molecule has 0 unspecified atom stereocenters. The van der Waals surface area contributed by atoms with Crippen molar-refractivity contribution >= 4 is 10.9 Å².